The van der Waals surface area contributed by atoms with Crippen molar-refractivity contribution in [3.8, 4) is 22.0 Å². The average Bonchev–Trinajstić information content (AvgIpc) is 3.62. The third kappa shape index (κ3) is 4.62. The van der Waals surface area contributed by atoms with Crippen LogP contribution in [0.15, 0.2) is 112 Å². The Morgan fingerprint density at radius 2 is 1.64 bits per heavy atom. The van der Waals surface area contributed by atoms with Gasteiger partial charge in [0.05, 0.1) is 15.1 Å². The van der Waals surface area contributed by atoms with Crippen molar-refractivity contribution in [2.45, 2.75) is 16.7 Å². The molecule has 1 N–H and O–H groups in total. The quantitative estimate of drug-likeness (QED) is 0.224. The second-order valence-electron chi connectivity index (χ2n) is 8.84. The maximum absolute atomic E-state index is 5.35. The van der Waals surface area contributed by atoms with Crippen molar-refractivity contribution in [1.82, 2.24) is 25.3 Å². The van der Waals surface area contributed by atoms with Gasteiger partial charge in [-0.15, -0.1) is 21.5 Å². The lowest BCUT2D eigenvalue weighted by Crippen LogP contribution is -1.99. The van der Waals surface area contributed by atoms with E-state index in [4.69, 9.17) is 4.52 Å². The highest BCUT2D eigenvalue weighted by Crippen LogP contribution is 2.40. The van der Waals surface area contributed by atoms with Crippen LogP contribution >= 0.6 is 23.1 Å². The first-order valence-corrected chi connectivity index (χ1v) is 13.9. The Morgan fingerprint density at radius 1 is 0.846 bits per heavy atom. The smallest absolute Gasteiger partial charge is 0.268 e. The predicted octanol–water partition coefficient (Wildman–Crippen LogP) is 8.16. The Kier molecular flexibility index (Phi) is 5.99. The molecule has 3 aromatic carbocycles. The van der Waals surface area contributed by atoms with E-state index in [9.17, 15) is 0 Å². The molecule has 0 bridgehead atoms. The monoisotopic (exact) mass is 544 g/mol. The number of aromatic nitrogens is 5. The molecule has 4 heterocycles. The molecule has 0 aliphatic heterocycles. The molecule has 7 rings (SSSR count). The molecular formula is C30H20N6OS2. The summed E-state index contributed by atoms with van der Waals surface area (Å²) >= 11 is 3.30. The highest BCUT2D eigenvalue weighted by atomic mass is 32.2. The summed E-state index contributed by atoms with van der Waals surface area (Å²) in [6.45, 7) is 1.81. The van der Waals surface area contributed by atoms with Gasteiger partial charge in [0.1, 0.15) is 5.69 Å². The Hall–Kier alpha value is -4.60. The van der Waals surface area contributed by atoms with Crippen molar-refractivity contribution in [3.05, 3.63) is 103 Å². The molecule has 188 valence electrons. The number of anilines is 2. The van der Waals surface area contributed by atoms with Gasteiger partial charge in [0.15, 0.2) is 11.6 Å². The molecule has 7 aromatic rings. The van der Waals surface area contributed by atoms with Gasteiger partial charge in [-0.3, -0.25) is 4.98 Å². The van der Waals surface area contributed by atoms with E-state index in [0.717, 1.165) is 58.4 Å². The highest BCUT2D eigenvalue weighted by Gasteiger charge is 2.15. The number of thiophene rings is 1. The fourth-order valence-electron chi connectivity index (χ4n) is 4.37. The molecule has 0 atom stereocenters. The fourth-order valence-corrected chi connectivity index (χ4v) is 6.42. The molecule has 0 spiro atoms. The van der Waals surface area contributed by atoms with E-state index in [2.05, 4.69) is 79.2 Å². The van der Waals surface area contributed by atoms with Crippen molar-refractivity contribution < 1.29 is 4.52 Å². The van der Waals surface area contributed by atoms with Crippen LogP contribution in [0.5, 0.6) is 0 Å². The minimum Gasteiger partial charge on any atom is -0.338 e. The number of rotatable bonds is 6. The summed E-state index contributed by atoms with van der Waals surface area (Å²) in [5, 5.41) is 18.5. The minimum atomic E-state index is 0.523. The van der Waals surface area contributed by atoms with Crippen LogP contribution in [-0.4, -0.2) is 25.3 Å². The van der Waals surface area contributed by atoms with E-state index in [1.54, 1.807) is 23.1 Å². The molecule has 0 fully saturated rings. The predicted molar refractivity (Wildman–Crippen MR) is 156 cm³/mol. The summed E-state index contributed by atoms with van der Waals surface area (Å²) < 4.78 is 6.45. The molecule has 9 heteroatoms. The summed E-state index contributed by atoms with van der Waals surface area (Å²) in [5.74, 6) is 1.86. The maximum Gasteiger partial charge on any atom is 0.268 e. The Bertz CT molecular complexity index is 1930. The van der Waals surface area contributed by atoms with Crippen LogP contribution in [0.1, 0.15) is 5.82 Å². The molecule has 0 unspecified atom stereocenters. The van der Waals surface area contributed by atoms with Crippen molar-refractivity contribution in [2.24, 2.45) is 0 Å². The van der Waals surface area contributed by atoms with Crippen molar-refractivity contribution in [3.63, 3.8) is 0 Å². The zero-order chi connectivity index (χ0) is 26.2. The van der Waals surface area contributed by atoms with E-state index >= 15 is 0 Å². The normalized spacial score (nSPS) is 11.3. The molecule has 4 aromatic heterocycles. The first-order valence-electron chi connectivity index (χ1n) is 12.3. The summed E-state index contributed by atoms with van der Waals surface area (Å²) in [6, 6.07) is 30.7. The van der Waals surface area contributed by atoms with Crippen LogP contribution in [0.25, 0.3) is 43.0 Å². The third-order valence-electron chi connectivity index (χ3n) is 6.19. The van der Waals surface area contributed by atoms with Crippen molar-refractivity contribution in [1.29, 1.82) is 0 Å². The SMILES string of the molecule is Cc1noc(-c2cc3nccc(Sc4ccc(Nc5nnc(-c6ccccc6)c6ccccc56)cc4)c3s2)n1. The molecule has 0 aliphatic rings. The van der Waals surface area contributed by atoms with Gasteiger partial charge in [-0.2, -0.15) is 4.98 Å². The van der Waals surface area contributed by atoms with Crippen LogP contribution in [0.3, 0.4) is 0 Å². The first kappa shape index (κ1) is 23.5. The van der Waals surface area contributed by atoms with Gasteiger partial charge in [0.25, 0.3) is 5.89 Å². The van der Waals surface area contributed by atoms with Crippen molar-refractivity contribution in [2.75, 3.05) is 5.32 Å². The summed E-state index contributed by atoms with van der Waals surface area (Å²) in [4.78, 5) is 12.0. The van der Waals surface area contributed by atoms with E-state index < -0.39 is 0 Å². The Balaban J connectivity index is 1.14. The van der Waals surface area contributed by atoms with E-state index in [-0.39, 0.29) is 0 Å². The molecule has 7 nitrogen and oxygen atoms in total. The van der Waals surface area contributed by atoms with E-state index in [1.807, 2.05) is 55.6 Å². The largest absolute Gasteiger partial charge is 0.338 e. The third-order valence-corrected chi connectivity index (χ3v) is 8.54. The van der Waals surface area contributed by atoms with Gasteiger partial charge in [-0.05, 0) is 43.3 Å². The zero-order valence-corrected chi connectivity index (χ0v) is 22.3. The minimum absolute atomic E-state index is 0.523. The zero-order valence-electron chi connectivity index (χ0n) is 20.7. The van der Waals surface area contributed by atoms with Gasteiger partial charge < -0.3 is 9.84 Å². The van der Waals surface area contributed by atoms with Crippen LogP contribution in [-0.2, 0) is 0 Å². The van der Waals surface area contributed by atoms with Gasteiger partial charge in [-0.1, -0.05) is 71.5 Å². The lowest BCUT2D eigenvalue weighted by Gasteiger charge is -2.12. The lowest BCUT2D eigenvalue weighted by atomic mass is 10.0. The van der Waals surface area contributed by atoms with Gasteiger partial charge in [0, 0.05) is 38.0 Å². The summed E-state index contributed by atoms with van der Waals surface area (Å²) in [5.41, 5.74) is 3.78. The Morgan fingerprint density at radius 3 is 2.44 bits per heavy atom. The number of nitrogens with one attached hydrogen (secondary N) is 1. The number of fused-ring (bicyclic) bond motifs is 2. The molecule has 0 radical (unpaired) electrons. The van der Waals surface area contributed by atoms with Crippen LogP contribution < -0.4 is 5.32 Å². The van der Waals surface area contributed by atoms with Gasteiger partial charge in [-0.25, -0.2) is 0 Å². The topological polar surface area (TPSA) is 89.6 Å². The van der Waals surface area contributed by atoms with Gasteiger partial charge >= 0.3 is 0 Å². The standard InChI is InChI=1S/C30H20N6OS2/c1-18-32-30(37-36-18)26-17-24-28(39-26)25(15-16-31-24)38-21-13-11-20(12-14-21)33-29-23-10-6-5-9-22(23)27(34-35-29)19-7-3-2-4-8-19/h2-17H,1H3,(H,33,35). The molecule has 39 heavy (non-hydrogen) atoms. The number of hydrogen-bond acceptors (Lipinski definition) is 9. The molecule has 0 aliphatic carbocycles. The summed E-state index contributed by atoms with van der Waals surface area (Å²) in [7, 11) is 0. The molecule has 0 saturated heterocycles. The molecule has 0 saturated carbocycles. The van der Waals surface area contributed by atoms with Crippen LogP contribution in [0.2, 0.25) is 0 Å². The number of pyridine rings is 1. The summed E-state index contributed by atoms with van der Waals surface area (Å²) in [6.07, 6.45) is 1.83. The number of benzene rings is 3. The maximum atomic E-state index is 5.35. The lowest BCUT2D eigenvalue weighted by molar-refractivity contribution is 0.426. The highest BCUT2D eigenvalue weighted by molar-refractivity contribution is 7.99. The molecular weight excluding hydrogens is 525 g/mol. The first-order chi connectivity index (χ1) is 19.2. The van der Waals surface area contributed by atoms with Crippen LogP contribution in [0, 0.1) is 6.92 Å². The average molecular weight is 545 g/mol. The second kappa shape index (κ2) is 9.94. The van der Waals surface area contributed by atoms with E-state index in [0.29, 0.717) is 11.7 Å². The van der Waals surface area contributed by atoms with E-state index in [1.165, 1.54) is 0 Å². The number of nitrogens with zero attached hydrogens (tertiary/aromatic N) is 5. The number of hydrogen-bond donors (Lipinski definition) is 1. The molecule has 0 amide bonds. The van der Waals surface area contributed by atoms with Crippen molar-refractivity contribution >= 4 is 55.6 Å². The fraction of sp³-hybridized carbons (Fsp3) is 0.0333. The van der Waals surface area contributed by atoms with Crippen LogP contribution in [0.4, 0.5) is 11.5 Å². The second-order valence-corrected chi connectivity index (χ2v) is 11.0. The Labute approximate surface area is 232 Å². The van der Waals surface area contributed by atoms with Gasteiger partial charge in [0.2, 0.25) is 0 Å². The number of aryl methyl sites for hydroxylation is 1.